The molecule has 6 heteroatoms. The molecule has 0 spiro atoms. The molecule has 4 nitrogen and oxygen atoms in total. The maximum atomic E-state index is 11.9. The van der Waals surface area contributed by atoms with Crippen LogP contribution in [0.2, 0.25) is 10.0 Å². The van der Waals surface area contributed by atoms with Crippen LogP contribution in [-0.2, 0) is 0 Å². The summed E-state index contributed by atoms with van der Waals surface area (Å²) in [6.07, 6.45) is 1.13. The second-order valence-corrected chi connectivity index (χ2v) is 5.12. The van der Waals surface area contributed by atoms with Crippen LogP contribution in [0.15, 0.2) is 18.2 Å². The summed E-state index contributed by atoms with van der Waals surface area (Å²) in [7, 11) is 0. The molecule has 0 unspecified atom stereocenters. The second kappa shape index (κ2) is 5.78. The Morgan fingerprint density at radius 2 is 2.17 bits per heavy atom. The lowest BCUT2D eigenvalue weighted by atomic mass is 10.1. The van der Waals surface area contributed by atoms with Gasteiger partial charge in [-0.3, -0.25) is 0 Å². The van der Waals surface area contributed by atoms with Crippen molar-refractivity contribution in [2.24, 2.45) is 0 Å². The third-order valence-electron chi connectivity index (χ3n) is 2.85. The molecule has 1 saturated heterocycles. The summed E-state index contributed by atoms with van der Waals surface area (Å²) in [4.78, 5) is 13.5. The third-order valence-corrected chi connectivity index (χ3v) is 3.59. The monoisotopic (exact) mass is 288 g/mol. The molecular formula is C12H14Cl2N2O2. The summed E-state index contributed by atoms with van der Waals surface area (Å²) >= 11 is 11.7. The van der Waals surface area contributed by atoms with E-state index in [9.17, 15) is 9.90 Å². The number of anilines is 1. The Kier molecular flexibility index (Phi) is 4.32. The van der Waals surface area contributed by atoms with Gasteiger partial charge in [0.25, 0.3) is 0 Å². The molecule has 1 aromatic rings. The summed E-state index contributed by atoms with van der Waals surface area (Å²) < 4.78 is 0. The predicted molar refractivity (Wildman–Crippen MR) is 72.3 cm³/mol. The highest BCUT2D eigenvalue weighted by Gasteiger charge is 2.22. The summed E-state index contributed by atoms with van der Waals surface area (Å²) in [5, 5.41) is 13.1. The highest BCUT2D eigenvalue weighted by molar-refractivity contribution is 6.42. The first kappa shape index (κ1) is 13.5. The Morgan fingerprint density at radius 3 is 2.83 bits per heavy atom. The van der Waals surface area contributed by atoms with Crippen molar-refractivity contribution in [3.63, 3.8) is 0 Å². The van der Waals surface area contributed by atoms with E-state index in [-0.39, 0.29) is 6.03 Å². The molecule has 1 fully saturated rings. The number of hydrogen-bond acceptors (Lipinski definition) is 2. The van der Waals surface area contributed by atoms with E-state index in [0.29, 0.717) is 28.8 Å². The van der Waals surface area contributed by atoms with Crippen molar-refractivity contribution in [1.29, 1.82) is 0 Å². The highest BCUT2D eigenvalue weighted by atomic mass is 35.5. The van der Waals surface area contributed by atoms with Crippen LogP contribution in [0.1, 0.15) is 12.8 Å². The lowest BCUT2D eigenvalue weighted by Gasteiger charge is -2.30. The number of rotatable bonds is 1. The lowest BCUT2D eigenvalue weighted by Crippen LogP contribution is -2.44. The second-order valence-electron chi connectivity index (χ2n) is 4.30. The van der Waals surface area contributed by atoms with Gasteiger partial charge in [-0.2, -0.15) is 0 Å². The first-order valence-electron chi connectivity index (χ1n) is 5.75. The average Bonchev–Trinajstić information content (AvgIpc) is 2.34. The van der Waals surface area contributed by atoms with Crippen molar-refractivity contribution >= 4 is 34.9 Å². The van der Waals surface area contributed by atoms with Gasteiger partial charge in [0.1, 0.15) is 0 Å². The van der Waals surface area contributed by atoms with Gasteiger partial charge in [0.05, 0.1) is 16.1 Å². The molecule has 1 heterocycles. The zero-order chi connectivity index (χ0) is 13.1. The summed E-state index contributed by atoms with van der Waals surface area (Å²) in [5.74, 6) is 0. The van der Waals surface area contributed by atoms with E-state index in [1.807, 2.05) is 0 Å². The number of β-amino-alcohol motifs (C(OH)–C–C–N with tert-alkyl or cyclic N) is 1. The van der Waals surface area contributed by atoms with Crippen LogP contribution in [0.4, 0.5) is 10.5 Å². The fourth-order valence-electron chi connectivity index (χ4n) is 1.92. The highest BCUT2D eigenvalue weighted by Crippen LogP contribution is 2.25. The first-order chi connectivity index (χ1) is 8.56. The molecule has 2 N–H and O–H groups in total. The molecule has 1 aromatic carbocycles. The van der Waals surface area contributed by atoms with Gasteiger partial charge in [-0.1, -0.05) is 23.2 Å². The summed E-state index contributed by atoms with van der Waals surface area (Å²) in [6, 6.07) is 4.69. The number of hydrogen-bond donors (Lipinski definition) is 2. The number of aliphatic hydroxyl groups is 1. The number of urea groups is 1. The van der Waals surface area contributed by atoms with Gasteiger partial charge >= 0.3 is 6.03 Å². The van der Waals surface area contributed by atoms with E-state index < -0.39 is 6.10 Å². The Bertz CT molecular complexity index is 454. The number of amides is 2. The zero-order valence-corrected chi connectivity index (χ0v) is 11.2. The number of nitrogens with one attached hydrogen (secondary N) is 1. The number of carbonyl (C=O) groups is 1. The molecular weight excluding hydrogens is 275 g/mol. The minimum absolute atomic E-state index is 0.230. The number of aliphatic hydroxyl groups excluding tert-OH is 1. The van der Waals surface area contributed by atoms with Crippen molar-refractivity contribution in [1.82, 2.24) is 4.90 Å². The predicted octanol–water partition coefficient (Wildman–Crippen LogP) is 2.98. The van der Waals surface area contributed by atoms with Gasteiger partial charge in [-0.15, -0.1) is 0 Å². The smallest absolute Gasteiger partial charge is 0.321 e. The fourth-order valence-corrected chi connectivity index (χ4v) is 2.21. The lowest BCUT2D eigenvalue weighted by molar-refractivity contribution is 0.0883. The van der Waals surface area contributed by atoms with Crippen LogP contribution >= 0.6 is 23.2 Å². The number of halogens is 2. The van der Waals surface area contributed by atoms with E-state index >= 15 is 0 Å². The summed E-state index contributed by atoms with van der Waals surface area (Å²) in [6.45, 7) is 1.03. The van der Waals surface area contributed by atoms with E-state index in [0.717, 1.165) is 12.8 Å². The molecule has 0 aromatic heterocycles. The minimum atomic E-state index is -0.432. The Morgan fingerprint density at radius 1 is 1.39 bits per heavy atom. The van der Waals surface area contributed by atoms with Crippen LogP contribution in [-0.4, -0.2) is 35.2 Å². The van der Waals surface area contributed by atoms with Gasteiger partial charge in [-0.25, -0.2) is 4.79 Å². The van der Waals surface area contributed by atoms with Gasteiger partial charge < -0.3 is 15.3 Å². The van der Waals surface area contributed by atoms with E-state index in [1.54, 1.807) is 23.1 Å². The van der Waals surface area contributed by atoms with Crippen LogP contribution < -0.4 is 5.32 Å². The van der Waals surface area contributed by atoms with Crippen molar-refractivity contribution in [2.75, 3.05) is 18.4 Å². The Labute approximate surface area is 115 Å². The average molecular weight is 289 g/mol. The molecule has 2 amide bonds. The summed E-state index contributed by atoms with van der Waals surface area (Å²) in [5.41, 5.74) is 0.592. The van der Waals surface area contributed by atoms with Crippen molar-refractivity contribution in [3.8, 4) is 0 Å². The number of benzene rings is 1. The van der Waals surface area contributed by atoms with E-state index in [2.05, 4.69) is 5.32 Å². The van der Waals surface area contributed by atoms with E-state index in [4.69, 9.17) is 23.2 Å². The molecule has 0 aliphatic carbocycles. The number of nitrogens with zero attached hydrogens (tertiary/aromatic N) is 1. The van der Waals surface area contributed by atoms with E-state index in [1.165, 1.54) is 0 Å². The molecule has 1 atom stereocenters. The first-order valence-corrected chi connectivity index (χ1v) is 6.51. The van der Waals surface area contributed by atoms with Crippen LogP contribution in [0.3, 0.4) is 0 Å². The third kappa shape index (κ3) is 3.28. The number of likely N-dealkylation sites (tertiary alicyclic amines) is 1. The van der Waals surface area contributed by atoms with Crippen molar-refractivity contribution in [3.05, 3.63) is 28.2 Å². The normalized spacial score (nSPS) is 19.7. The van der Waals surface area contributed by atoms with Crippen LogP contribution in [0.5, 0.6) is 0 Å². The van der Waals surface area contributed by atoms with Crippen LogP contribution in [0.25, 0.3) is 0 Å². The molecule has 1 aliphatic rings. The zero-order valence-electron chi connectivity index (χ0n) is 9.70. The van der Waals surface area contributed by atoms with Crippen molar-refractivity contribution < 1.29 is 9.90 Å². The Hall–Kier alpha value is -0.970. The van der Waals surface area contributed by atoms with Gasteiger partial charge in [0, 0.05) is 18.8 Å². The minimum Gasteiger partial charge on any atom is -0.391 e. The largest absolute Gasteiger partial charge is 0.391 e. The standard InChI is InChI=1S/C12H14Cl2N2O2/c13-10-4-3-8(6-11(10)14)15-12(18)16-5-1-2-9(17)7-16/h3-4,6,9,17H,1-2,5,7H2,(H,15,18)/t9-/m1/s1. The molecule has 0 bridgehead atoms. The fraction of sp³-hybridized carbons (Fsp3) is 0.417. The van der Waals surface area contributed by atoms with Gasteiger partial charge in [0.15, 0.2) is 0 Å². The molecule has 0 radical (unpaired) electrons. The number of carbonyl (C=O) groups excluding carboxylic acids is 1. The van der Waals surface area contributed by atoms with Gasteiger partial charge in [0.2, 0.25) is 0 Å². The topological polar surface area (TPSA) is 52.6 Å². The van der Waals surface area contributed by atoms with Gasteiger partial charge in [-0.05, 0) is 31.0 Å². The maximum absolute atomic E-state index is 11.9. The molecule has 98 valence electrons. The maximum Gasteiger partial charge on any atom is 0.321 e. The SMILES string of the molecule is O=C(Nc1ccc(Cl)c(Cl)c1)N1CCC[C@@H](O)C1. The molecule has 1 aliphatic heterocycles. The quantitative estimate of drug-likeness (QED) is 0.835. The molecule has 0 saturated carbocycles. The van der Waals surface area contributed by atoms with Crippen LogP contribution in [0, 0.1) is 0 Å². The van der Waals surface area contributed by atoms with Crippen molar-refractivity contribution in [2.45, 2.75) is 18.9 Å². The Balaban J connectivity index is 2.00. The number of piperidine rings is 1. The molecule has 2 rings (SSSR count). The molecule has 18 heavy (non-hydrogen) atoms.